The van der Waals surface area contributed by atoms with Crippen LogP contribution in [-0.4, -0.2) is 136 Å². The van der Waals surface area contributed by atoms with Crippen LogP contribution in [0.2, 0.25) is 0 Å². The second-order valence-electron chi connectivity index (χ2n) is 12.2. The first-order valence-corrected chi connectivity index (χ1v) is 14.3. The Bertz CT molecular complexity index is 859. The number of hydrogen-bond acceptors (Lipinski definition) is 15. The number of aliphatic hydroxyl groups excluding tert-OH is 5. The maximum atomic E-state index is 11.2. The van der Waals surface area contributed by atoms with Gasteiger partial charge in [0.1, 0.15) is 30.5 Å². The predicted molar refractivity (Wildman–Crippen MR) is 138 cm³/mol. The van der Waals surface area contributed by atoms with Gasteiger partial charge < -0.3 is 77.9 Å². The Kier molecular flexibility index (Phi) is 9.39. The first-order chi connectivity index (χ1) is 19.0. The van der Waals surface area contributed by atoms with Gasteiger partial charge in [-0.2, -0.15) is 0 Å². The second kappa shape index (κ2) is 12.2. The van der Waals surface area contributed by atoms with Gasteiger partial charge >= 0.3 is 0 Å². The van der Waals surface area contributed by atoms with Gasteiger partial charge in [-0.15, -0.1) is 0 Å². The molecule has 15 N–H and O–H groups in total. The Hall–Kier alpha value is -0.600. The molecule has 0 aromatic heterocycles. The fourth-order valence-electron chi connectivity index (χ4n) is 6.72. The van der Waals surface area contributed by atoms with Crippen molar-refractivity contribution in [2.24, 2.45) is 34.6 Å². The molecule has 5 aliphatic rings. The molecule has 0 radical (unpaired) electrons. The van der Waals surface area contributed by atoms with E-state index in [-0.39, 0.29) is 30.7 Å². The minimum Gasteiger partial charge on any atom is -0.394 e. The predicted octanol–water partition coefficient (Wildman–Crippen LogP) is -4.97. The van der Waals surface area contributed by atoms with E-state index in [1.165, 1.54) is 0 Å². The van der Waals surface area contributed by atoms with Gasteiger partial charge in [0.05, 0.1) is 37.1 Å². The van der Waals surface area contributed by atoms with E-state index in [9.17, 15) is 25.5 Å². The molecule has 2 saturated carbocycles. The smallest absolute Gasteiger partial charge is 0.187 e. The zero-order valence-corrected chi connectivity index (χ0v) is 22.6. The number of ether oxygens (including phenoxy) is 5. The van der Waals surface area contributed by atoms with Gasteiger partial charge in [0, 0.05) is 42.5 Å². The van der Waals surface area contributed by atoms with Crippen LogP contribution in [0.5, 0.6) is 0 Å². The van der Waals surface area contributed by atoms with Gasteiger partial charge in [0.25, 0.3) is 0 Å². The van der Waals surface area contributed by atoms with Crippen LogP contribution in [0.1, 0.15) is 38.5 Å². The van der Waals surface area contributed by atoms with Crippen LogP contribution < -0.4 is 28.7 Å². The first kappa shape index (κ1) is 30.8. The highest BCUT2D eigenvalue weighted by molar-refractivity contribution is 5.10. The van der Waals surface area contributed by atoms with E-state index in [1.807, 2.05) is 0 Å². The maximum absolute atomic E-state index is 11.2. The summed E-state index contributed by atoms with van der Waals surface area (Å²) < 4.78 is 30.0. The highest BCUT2D eigenvalue weighted by Crippen LogP contribution is 2.44. The van der Waals surface area contributed by atoms with Crippen molar-refractivity contribution in [3.05, 3.63) is 0 Å². The molecular formula is C25H47N5O10. The molecular weight excluding hydrogens is 530 g/mol. The summed E-state index contributed by atoms with van der Waals surface area (Å²) in [5, 5.41) is 52.6. The third-order valence-corrected chi connectivity index (χ3v) is 9.39. The average Bonchev–Trinajstić information content (AvgIpc) is 3.61. The standard InChI is InChI=1S/C25H47N5O10/c26-7-13-19(34)12(32)6-16(36-13)39-22-14(8-31)37-24(20(22)35)40-23-17(10(28)5-11(29)18(23)33)21-9(27)1-2-15(38-21)25(30)3-4-25/h9-24,31-35H,1-8,26-30H2/t9-,10+,11-,12-,13+,14-,15+,16-,17+,18+,19+,20-,21+,22-,23+,24+/m1/s1. The molecule has 0 bridgehead atoms. The summed E-state index contributed by atoms with van der Waals surface area (Å²) >= 11 is 0. The summed E-state index contributed by atoms with van der Waals surface area (Å²) in [6.45, 7) is -0.581. The van der Waals surface area contributed by atoms with E-state index in [1.54, 1.807) is 0 Å². The summed E-state index contributed by atoms with van der Waals surface area (Å²) in [5.41, 5.74) is 31.0. The van der Waals surface area contributed by atoms with Crippen molar-refractivity contribution < 1.29 is 49.2 Å². The van der Waals surface area contributed by atoms with E-state index in [0.717, 1.165) is 19.3 Å². The van der Waals surface area contributed by atoms with Gasteiger partial charge in [-0.3, -0.25) is 0 Å². The molecule has 2 aliphatic carbocycles. The highest BCUT2D eigenvalue weighted by Gasteiger charge is 2.56. The summed E-state index contributed by atoms with van der Waals surface area (Å²) in [6.07, 6.45) is -8.71. The van der Waals surface area contributed by atoms with Crippen LogP contribution in [0.25, 0.3) is 0 Å². The summed E-state index contributed by atoms with van der Waals surface area (Å²) in [4.78, 5) is 0. The van der Waals surface area contributed by atoms with Crippen molar-refractivity contribution in [1.82, 2.24) is 0 Å². The van der Waals surface area contributed by atoms with Gasteiger partial charge in [0.2, 0.25) is 0 Å². The second-order valence-corrected chi connectivity index (χ2v) is 12.2. The van der Waals surface area contributed by atoms with Crippen LogP contribution in [0, 0.1) is 5.92 Å². The van der Waals surface area contributed by atoms with E-state index >= 15 is 0 Å². The Labute approximate surface area is 233 Å². The molecule has 15 heteroatoms. The number of aliphatic hydroxyl groups is 5. The molecule has 0 aromatic carbocycles. The quantitative estimate of drug-likeness (QED) is 0.129. The minimum absolute atomic E-state index is 0.0596. The van der Waals surface area contributed by atoms with Crippen molar-refractivity contribution in [1.29, 1.82) is 0 Å². The molecule has 0 aromatic rings. The molecule has 232 valence electrons. The summed E-state index contributed by atoms with van der Waals surface area (Å²) in [6, 6.07) is -1.60. The van der Waals surface area contributed by atoms with Crippen molar-refractivity contribution >= 4 is 0 Å². The van der Waals surface area contributed by atoms with E-state index < -0.39 is 92.1 Å². The molecule has 16 atom stereocenters. The number of nitrogens with two attached hydrogens (primary N) is 5. The van der Waals surface area contributed by atoms with Crippen LogP contribution in [-0.2, 0) is 23.7 Å². The van der Waals surface area contributed by atoms with Gasteiger partial charge in [-0.05, 0) is 32.1 Å². The minimum atomic E-state index is -1.42. The largest absolute Gasteiger partial charge is 0.394 e. The maximum Gasteiger partial charge on any atom is 0.187 e. The first-order valence-electron chi connectivity index (χ1n) is 14.3. The van der Waals surface area contributed by atoms with E-state index in [0.29, 0.717) is 12.8 Å². The Morgan fingerprint density at radius 2 is 1.50 bits per heavy atom. The lowest BCUT2D eigenvalue weighted by atomic mass is 9.72. The number of rotatable bonds is 8. The molecule has 3 heterocycles. The average molecular weight is 578 g/mol. The van der Waals surface area contributed by atoms with E-state index in [4.69, 9.17) is 52.4 Å². The topological polar surface area (TPSA) is 277 Å². The zero-order chi connectivity index (χ0) is 28.9. The summed E-state index contributed by atoms with van der Waals surface area (Å²) in [7, 11) is 0. The molecule has 5 rings (SSSR count). The van der Waals surface area contributed by atoms with Crippen LogP contribution in [0.4, 0.5) is 0 Å². The molecule has 0 spiro atoms. The molecule has 40 heavy (non-hydrogen) atoms. The highest BCUT2D eigenvalue weighted by atomic mass is 16.7. The SMILES string of the molecule is NC[C@@H]1O[C@H](O[C@H]2[C@@H](O)[C@H](O[C@@H]3[C@@H](O)[C@H](N)C[C@H](N)[C@H]3[C@H]3O[C@H](C4(N)CC4)CC[C@H]3N)O[C@@H]2CO)C[C@@H](O)[C@@H]1O. The lowest BCUT2D eigenvalue weighted by molar-refractivity contribution is -0.272. The monoisotopic (exact) mass is 577 g/mol. The molecule has 3 saturated heterocycles. The van der Waals surface area contributed by atoms with Gasteiger partial charge in [-0.1, -0.05) is 0 Å². The third kappa shape index (κ3) is 5.93. The van der Waals surface area contributed by atoms with Crippen molar-refractivity contribution in [2.45, 2.75) is 136 Å². The van der Waals surface area contributed by atoms with E-state index in [2.05, 4.69) is 0 Å². The molecule has 3 aliphatic heterocycles. The summed E-state index contributed by atoms with van der Waals surface area (Å²) in [5.74, 6) is -0.582. The third-order valence-electron chi connectivity index (χ3n) is 9.39. The van der Waals surface area contributed by atoms with Crippen LogP contribution in [0.15, 0.2) is 0 Å². The Morgan fingerprint density at radius 3 is 2.15 bits per heavy atom. The molecule has 0 unspecified atom stereocenters. The Balaban J connectivity index is 1.31. The molecule has 15 nitrogen and oxygen atoms in total. The van der Waals surface area contributed by atoms with Gasteiger partial charge in [-0.25, -0.2) is 0 Å². The molecule has 5 fully saturated rings. The normalized spacial score (nSPS) is 53.0. The number of hydrogen-bond donors (Lipinski definition) is 10. The van der Waals surface area contributed by atoms with Crippen molar-refractivity contribution in [2.75, 3.05) is 13.2 Å². The lowest BCUT2D eigenvalue weighted by Gasteiger charge is -2.50. The lowest BCUT2D eigenvalue weighted by Crippen LogP contribution is -2.67. The van der Waals surface area contributed by atoms with Crippen molar-refractivity contribution in [3.63, 3.8) is 0 Å². The zero-order valence-electron chi connectivity index (χ0n) is 22.6. The fraction of sp³-hybridized carbons (Fsp3) is 1.00. The van der Waals surface area contributed by atoms with Gasteiger partial charge in [0.15, 0.2) is 12.6 Å². The Morgan fingerprint density at radius 1 is 0.775 bits per heavy atom. The van der Waals surface area contributed by atoms with Crippen LogP contribution in [0.3, 0.4) is 0 Å². The van der Waals surface area contributed by atoms with Crippen LogP contribution >= 0.6 is 0 Å². The van der Waals surface area contributed by atoms with Crippen molar-refractivity contribution in [3.8, 4) is 0 Å². The fourth-order valence-corrected chi connectivity index (χ4v) is 6.72. The molecule has 0 amide bonds.